The molecule has 7 heteroatoms. The van der Waals surface area contributed by atoms with Crippen LogP contribution in [0.3, 0.4) is 0 Å². The van der Waals surface area contributed by atoms with Gasteiger partial charge in [0.15, 0.2) is 5.84 Å². The number of hydrazine groups is 2. The first-order valence-electron chi connectivity index (χ1n) is 7.42. The molecule has 0 saturated heterocycles. The molecule has 0 atom stereocenters. The van der Waals surface area contributed by atoms with E-state index in [1.54, 1.807) is 11.8 Å². The number of nitrogens with one attached hydrogen (secondary N) is 2. The number of benzene rings is 1. The van der Waals surface area contributed by atoms with Gasteiger partial charge in [-0.2, -0.15) is 5.10 Å². The fourth-order valence-electron chi connectivity index (χ4n) is 2.32. The molecule has 1 aliphatic rings. The van der Waals surface area contributed by atoms with Gasteiger partial charge in [-0.05, 0) is 19.4 Å². The number of nitrogens with zero attached hydrogens (tertiary/aromatic N) is 4. The number of amidine groups is 1. The zero-order chi connectivity index (χ0) is 15.4. The number of thioether (sulfide) groups is 1. The molecule has 116 valence electrons. The fraction of sp³-hybridized carbons (Fsp3) is 0.333. The molecule has 0 fully saturated rings. The maximum Gasteiger partial charge on any atom is 0.177 e. The van der Waals surface area contributed by atoms with Crippen molar-refractivity contribution in [2.75, 3.05) is 6.54 Å². The van der Waals surface area contributed by atoms with E-state index in [2.05, 4.69) is 59.4 Å². The second kappa shape index (κ2) is 6.85. The Kier molecular flexibility index (Phi) is 4.65. The molecule has 2 aromatic rings. The lowest BCUT2D eigenvalue weighted by Crippen LogP contribution is -2.40. The normalized spacial score (nSPS) is 14.1. The summed E-state index contributed by atoms with van der Waals surface area (Å²) in [5.41, 5.74) is 8.20. The number of aromatic nitrogens is 2. The lowest BCUT2D eigenvalue weighted by atomic mass is 10.2. The molecule has 0 bridgehead atoms. The van der Waals surface area contributed by atoms with Crippen LogP contribution in [-0.4, -0.2) is 27.2 Å². The molecule has 0 saturated carbocycles. The summed E-state index contributed by atoms with van der Waals surface area (Å²) in [5.74, 6) is 1.80. The lowest BCUT2D eigenvalue weighted by Gasteiger charge is -2.16. The molecule has 0 aliphatic carbocycles. The van der Waals surface area contributed by atoms with Gasteiger partial charge in [-0.1, -0.05) is 30.3 Å². The van der Waals surface area contributed by atoms with Crippen molar-refractivity contribution >= 4 is 17.6 Å². The van der Waals surface area contributed by atoms with E-state index < -0.39 is 0 Å². The van der Waals surface area contributed by atoms with Gasteiger partial charge in [0.25, 0.3) is 0 Å². The van der Waals surface area contributed by atoms with E-state index >= 15 is 0 Å². The van der Waals surface area contributed by atoms with Crippen LogP contribution in [0, 0.1) is 0 Å². The Morgan fingerprint density at radius 2 is 1.95 bits per heavy atom. The molecule has 22 heavy (non-hydrogen) atoms. The van der Waals surface area contributed by atoms with Gasteiger partial charge in [0.1, 0.15) is 5.03 Å². The summed E-state index contributed by atoms with van der Waals surface area (Å²) >= 11 is 1.79. The average molecular weight is 316 g/mol. The summed E-state index contributed by atoms with van der Waals surface area (Å²) in [6, 6.07) is 10.5. The molecule has 1 aromatic carbocycles. The Morgan fingerprint density at radius 3 is 2.68 bits per heavy atom. The van der Waals surface area contributed by atoms with Crippen LogP contribution in [0.15, 0.2) is 46.7 Å². The van der Waals surface area contributed by atoms with Crippen molar-refractivity contribution in [2.45, 2.75) is 31.2 Å². The van der Waals surface area contributed by atoms with Gasteiger partial charge in [0.2, 0.25) is 0 Å². The number of hydrogen-bond donors (Lipinski definition) is 2. The Morgan fingerprint density at radius 1 is 1.14 bits per heavy atom. The highest BCUT2D eigenvalue weighted by Crippen LogP contribution is 2.27. The van der Waals surface area contributed by atoms with Crippen molar-refractivity contribution in [2.24, 2.45) is 5.10 Å². The van der Waals surface area contributed by atoms with Crippen LogP contribution in [-0.2, 0) is 12.3 Å². The number of rotatable bonds is 6. The molecule has 3 rings (SSSR count). The van der Waals surface area contributed by atoms with E-state index in [-0.39, 0.29) is 0 Å². The van der Waals surface area contributed by atoms with Gasteiger partial charge in [0.05, 0.1) is 11.8 Å². The average Bonchev–Trinajstić information content (AvgIpc) is 3.19. The Hall–Kier alpha value is -1.99. The van der Waals surface area contributed by atoms with Crippen LogP contribution in [0.4, 0.5) is 0 Å². The van der Waals surface area contributed by atoms with E-state index in [4.69, 9.17) is 0 Å². The molecule has 0 amide bonds. The maximum atomic E-state index is 4.49. The summed E-state index contributed by atoms with van der Waals surface area (Å²) in [5, 5.41) is 12.0. The largest absolute Gasteiger partial charge is 0.271 e. The van der Waals surface area contributed by atoms with Crippen molar-refractivity contribution in [3.8, 4) is 0 Å². The van der Waals surface area contributed by atoms with Gasteiger partial charge in [-0.15, -0.1) is 22.4 Å². The summed E-state index contributed by atoms with van der Waals surface area (Å²) in [6.07, 6.45) is 1.90. The molecular weight excluding hydrogens is 296 g/mol. The second-order valence-electron chi connectivity index (χ2n) is 4.86. The third kappa shape index (κ3) is 2.95. The molecule has 0 radical (unpaired) electrons. The third-order valence-electron chi connectivity index (χ3n) is 3.47. The predicted molar refractivity (Wildman–Crippen MR) is 89.1 cm³/mol. The topological polar surface area (TPSA) is 57.5 Å². The van der Waals surface area contributed by atoms with E-state index in [1.165, 1.54) is 5.56 Å². The molecule has 0 spiro atoms. The van der Waals surface area contributed by atoms with E-state index in [0.29, 0.717) is 0 Å². The minimum atomic E-state index is 0.825. The second-order valence-corrected chi connectivity index (χ2v) is 5.82. The van der Waals surface area contributed by atoms with Crippen molar-refractivity contribution in [3.05, 3.63) is 47.7 Å². The first-order chi connectivity index (χ1) is 10.8. The van der Waals surface area contributed by atoms with E-state index in [1.807, 2.05) is 22.0 Å². The van der Waals surface area contributed by atoms with Crippen LogP contribution in [0.2, 0.25) is 0 Å². The fourth-order valence-corrected chi connectivity index (χ4v) is 3.44. The van der Waals surface area contributed by atoms with Crippen molar-refractivity contribution < 1.29 is 0 Å². The van der Waals surface area contributed by atoms with Crippen LogP contribution in [0.1, 0.15) is 25.0 Å². The summed E-state index contributed by atoms with van der Waals surface area (Å²) in [7, 11) is 0. The summed E-state index contributed by atoms with van der Waals surface area (Å²) in [4.78, 5) is 0. The van der Waals surface area contributed by atoms with Crippen LogP contribution >= 0.6 is 11.8 Å². The standard InChI is InChI=1S/C15H20N6S/c1-3-20-14(17-18-19-20)13-10-16-21(4-2)15(13)22-11-12-8-6-5-7-9-12/h5-10,18-19H,3-4,11H2,1-2H3. The van der Waals surface area contributed by atoms with Gasteiger partial charge in [-0.3, -0.25) is 9.69 Å². The van der Waals surface area contributed by atoms with Crippen LogP contribution in [0.5, 0.6) is 0 Å². The number of hydrazone groups is 1. The first kappa shape index (κ1) is 14.9. The quantitative estimate of drug-likeness (QED) is 0.800. The highest BCUT2D eigenvalue weighted by atomic mass is 32.2. The monoisotopic (exact) mass is 316 g/mol. The van der Waals surface area contributed by atoms with Gasteiger partial charge < -0.3 is 0 Å². The highest BCUT2D eigenvalue weighted by molar-refractivity contribution is 7.98. The minimum Gasteiger partial charge on any atom is -0.271 e. The Balaban J connectivity index is 1.84. The smallest absolute Gasteiger partial charge is 0.177 e. The summed E-state index contributed by atoms with van der Waals surface area (Å²) in [6.45, 7) is 5.85. The van der Waals surface area contributed by atoms with E-state index in [0.717, 1.165) is 35.3 Å². The van der Waals surface area contributed by atoms with Gasteiger partial charge in [-0.25, -0.2) is 5.53 Å². The van der Waals surface area contributed by atoms with Crippen molar-refractivity contribution in [1.82, 2.24) is 25.9 Å². The van der Waals surface area contributed by atoms with Crippen LogP contribution in [0.25, 0.3) is 0 Å². The SMILES string of the molecule is CCN1NNN=C1c1cnn(CC)c1SCc1ccccc1. The molecule has 2 N–H and O–H groups in total. The molecule has 0 unspecified atom stereocenters. The molecule has 1 aliphatic heterocycles. The molecule has 2 heterocycles. The molecule has 6 nitrogen and oxygen atoms in total. The highest BCUT2D eigenvalue weighted by Gasteiger charge is 2.23. The first-order valence-corrected chi connectivity index (χ1v) is 8.40. The lowest BCUT2D eigenvalue weighted by molar-refractivity contribution is 0.308. The van der Waals surface area contributed by atoms with E-state index in [9.17, 15) is 0 Å². The predicted octanol–water partition coefficient (Wildman–Crippen LogP) is 2.20. The number of aryl methyl sites for hydroxylation is 1. The minimum absolute atomic E-state index is 0.825. The van der Waals surface area contributed by atoms with Gasteiger partial charge in [0, 0.05) is 18.8 Å². The zero-order valence-electron chi connectivity index (χ0n) is 12.8. The summed E-state index contributed by atoms with van der Waals surface area (Å²) < 4.78 is 2.03. The third-order valence-corrected chi connectivity index (χ3v) is 4.65. The maximum absolute atomic E-state index is 4.49. The molecule has 1 aromatic heterocycles. The zero-order valence-corrected chi connectivity index (χ0v) is 13.6. The van der Waals surface area contributed by atoms with Crippen molar-refractivity contribution in [3.63, 3.8) is 0 Å². The Labute approximate surface area is 134 Å². The van der Waals surface area contributed by atoms with Gasteiger partial charge >= 0.3 is 0 Å². The number of hydrogen-bond acceptors (Lipinski definition) is 6. The molecular formula is C15H20N6S. The van der Waals surface area contributed by atoms with Crippen molar-refractivity contribution in [1.29, 1.82) is 0 Å². The van der Waals surface area contributed by atoms with Crippen LogP contribution < -0.4 is 11.1 Å². The Bertz CT molecular complexity index is 651.